The van der Waals surface area contributed by atoms with Crippen LogP contribution < -0.4 is 0 Å². The van der Waals surface area contributed by atoms with Crippen LogP contribution in [0.3, 0.4) is 0 Å². The number of carboxylic acids is 1. The highest BCUT2D eigenvalue weighted by molar-refractivity contribution is 5.94. The van der Waals surface area contributed by atoms with E-state index in [0.717, 1.165) is 0 Å². The lowest BCUT2D eigenvalue weighted by molar-refractivity contribution is -0.140. The molecule has 0 atom stereocenters. The van der Waals surface area contributed by atoms with Gasteiger partial charge in [0.25, 0.3) is 0 Å². The fraction of sp³-hybridized carbons (Fsp3) is 0.750. The number of ketones is 1. The van der Waals surface area contributed by atoms with Crippen LogP contribution >= 0.6 is 0 Å². The minimum Gasteiger partial charge on any atom is -0.481 e. The third-order valence-corrected chi connectivity index (χ3v) is 1.10. The van der Waals surface area contributed by atoms with Crippen LogP contribution in [0.15, 0.2) is 0 Å². The Morgan fingerprint density at radius 3 is 1.82 bits per heavy atom. The van der Waals surface area contributed by atoms with Crippen molar-refractivity contribution in [2.24, 2.45) is 0 Å². The molecule has 1 N–H and O–H groups in total. The van der Waals surface area contributed by atoms with E-state index in [1.807, 2.05) is 0 Å². The number of carbonyl (C=O) groups is 2. The zero-order chi connectivity index (χ0) is 8.69. The van der Waals surface area contributed by atoms with Gasteiger partial charge in [0.05, 0.1) is 0 Å². The normalized spacial score (nSPS) is 12.8. The third kappa shape index (κ3) is 12.4. The standard InChI is InChI=1S/C5H8O3.C3H6/c1-2-4(6)3-5(7)8;1-2-3-1/h2-3H2,1H3,(H,7,8);1-3H2. The molecule has 0 aromatic carbocycles. The molecule has 0 saturated heterocycles. The van der Waals surface area contributed by atoms with Crippen LogP contribution in [0.5, 0.6) is 0 Å². The van der Waals surface area contributed by atoms with Crippen LogP contribution in [0.4, 0.5) is 0 Å². The van der Waals surface area contributed by atoms with Crippen molar-refractivity contribution in [3.63, 3.8) is 0 Å². The number of Topliss-reactive ketones (excluding diaryl/α,β-unsaturated/α-hetero) is 1. The highest BCUT2D eigenvalue weighted by Gasteiger charge is 2.02. The molecule has 0 aromatic rings. The summed E-state index contributed by atoms with van der Waals surface area (Å²) in [5, 5.41) is 7.99. The van der Waals surface area contributed by atoms with Crippen molar-refractivity contribution >= 4 is 11.8 Å². The Morgan fingerprint density at radius 1 is 1.27 bits per heavy atom. The van der Waals surface area contributed by atoms with Crippen molar-refractivity contribution < 1.29 is 14.7 Å². The number of carbonyl (C=O) groups excluding carboxylic acids is 1. The Kier molecular flexibility index (Phi) is 5.43. The highest BCUT2D eigenvalue weighted by Crippen LogP contribution is 2.14. The molecule has 0 aromatic heterocycles. The Labute approximate surface area is 66.4 Å². The smallest absolute Gasteiger partial charge is 0.310 e. The van der Waals surface area contributed by atoms with Gasteiger partial charge in [0, 0.05) is 6.42 Å². The van der Waals surface area contributed by atoms with Crippen molar-refractivity contribution in [3.8, 4) is 0 Å². The van der Waals surface area contributed by atoms with Gasteiger partial charge in [-0.3, -0.25) is 9.59 Å². The average molecular weight is 158 g/mol. The lowest BCUT2D eigenvalue weighted by Crippen LogP contribution is -2.04. The van der Waals surface area contributed by atoms with Gasteiger partial charge in [0.2, 0.25) is 0 Å². The van der Waals surface area contributed by atoms with Crippen molar-refractivity contribution in [2.45, 2.75) is 39.0 Å². The van der Waals surface area contributed by atoms with Crippen molar-refractivity contribution in [3.05, 3.63) is 0 Å². The predicted octanol–water partition coefficient (Wildman–Crippen LogP) is 1.61. The summed E-state index contributed by atoms with van der Waals surface area (Å²) in [5.41, 5.74) is 0. The molecule has 0 spiro atoms. The first-order valence-corrected chi connectivity index (χ1v) is 3.90. The second kappa shape index (κ2) is 5.89. The lowest BCUT2D eigenvalue weighted by Gasteiger charge is -1.86. The van der Waals surface area contributed by atoms with Gasteiger partial charge in [-0.15, -0.1) is 0 Å². The van der Waals surface area contributed by atoms with Gasteiger partial charge >= 0.3 is 5.97 Å². The van der Waals surface area contributed by atoms with E-state index in [1.165, 1.54) is 19.3 Å². The first kappa shape index (κ1) is 10.1. The fourth-order valence-corrected chi connectivity index (χ4v) is 0.294. The van der Waals surface area contributed by atoms with Gasteiger partial charge in [-0.25, -0.2) is 0 Å². The average Bonchev–Trinajstić information content (AvgIpc) is 2.70. The molecule has 1 rings (SSSR count). The number of hydrogen-bond acceptors (Lipinski definition) is 2. The van der Waals surface area contributed by atoms with E-state index in [1.54, 1.807) is 6.92 Å². The molecule has 0 radical (unpaired) electrons. The lowest BCUT2D eigenvalue weighted by atomic mass is 10.2. The number of rotatable bonds is 3. The van der Waals surface area contributed by atoms with Gasteiger partial charge in [0.15, 0.2) is 0 Å². The maximum Gasteiger partial charge on any atom is 0.310 e. The van der Waals surface area contributed by atoms with Crippen molar-refractivity contribution in [1.82, 2.24) is 0 Å². The molecule has 0 aliphatic heterocycles. The maximum atomic E-state index is 10.2. The van der Waals surface area contributed by atoms with E-state index in [2.05, 4.69) is 0 Å². The first-order valence-electron chi connectivity index (χ1n) is 3.90. The highest BCUT2D eigenvalue weighted by atomic mass is 16.4. The monoisotopic (exact) mass is 158 g/mol. The van der Waals surface area contributed by atoms with Gasteiger partial charge < -0.3 is 5.11 Å². The molecule has 1 saturated carbocycles. The van der Waals surface area contributed by atoms with Gasteiger partial charge in [-0.2, -0.15) is 0 Å². The Hall–Kier alpha value is -0.860. The zero-order valence-electron chi connectivity index (χ0n) is 6.80. The molecule has 64 valence electrons. The zero-order valence-corrected chi connectivity index (χ0v) is 6.80. The van der Waals surface area contributed by atoms with Gasteiger partial charge in [-0.1, -0.05) is 26.2 Å². The van der Waals surface area contributed by atoms with Crippen LogP contribution in [0.1, 0.15) is 39.0 Å². The molecule has 1 fully saturated rings. The summed E-state index contributed by atoms with van der Waals surface area (Å²) in [5.74, 6) is -1.27. The molecule has 0 amide bonds. The number of aliphatic carboxylic acids is 1. The summed E-state index contributed by atoms with van der Waals surface area (Å²) in [7, 11) is 0. The Bertz CT molecular complexity index is 136. The molecule has 11 heavy (non-hydrogen) atoms. The summed E-state index contributed by atoms with van der Waals surface area (Å²) in [6, 6.07) is 0. The van der Waals surface area contributed by atoms with E-state index in [0.29, 0.717) is 6.42 Å². The SMILES string of the molecule is C1CC1.CCC(=O)CC(=O)O. The molecular formula is C8H14O3. The summed E-state index contributed by atoms with van der Waals surface area (Å²) < 4.78 is 0. The van der Waals surface area contributed by atoms with Crippen LogP contribution in [-0.4, -0.2) is 16.9 Å². The molecule has 1 aliphatic carbocycles. The first-order chi connectivity index (χ1) is 5.16. The molecule has 3 nitrogen and oxygen atoms in total. The minimum atomic E-state index is -1.04. The van der Waals surface area contributed by atoms with E-state index >= 15 is 0 Å². The summed E-state index contributed by atoms with van der Waals surface area (Å²) in [4.78, 5) is 20.0. The number of carboxylic acid groups (broad SMARTS) is 1. The topological polar surface area (TPSA) is 54.4 Å². The number of hydrogen-bond donors (Lipinski definition) is 1. The van der Waals surface area contributed by atoms with E-state index in [9.17, 15) is 9.59 Å². The molecule has 3 heteroatoms. The fourth-order valence-electron chi connectivity index (χ4n) is 0.294. The van der Waals surface area contributed by atoms with Crippen LogP contribution in [0.25, 0.3) is 0 Å². The molecular weight excluding hydrogens is 144 g/mol. The van der Waals surface area contributed by atoms with Crippen LogP contribution in [-0.2, 0) is 9.59 Å². The minimum absolute atomic E-state index is 0.225. The van der Waals surface area contributed by atoms with Crippen molar-refractivity contribution in [2.75, 3.05) is 0 Å². The molecule has 1 aliphatic rings. The maximum absolute atomic E-state index is 10.2. The van der Waals surface area contributed by atoms with Crippen molar-refractivity contribution in [1.29, 1.82) is 0 Å². The van der Waals surface area contributed by atoms with Crippen LogP contribution in [0.2, 0.25) is 0 Å². The summed E-state index contributed by atoms with van der Waals surface area (Å²) in [6.07, 6.45) is 4.47. The quantitative estimate of drug-likeness (QED) is 0.635. The Morgan fingerprint density at radius 2 is 1.73 bits per heavy atom. The van der Waals surface area contributed by atoms with Gasteiger partial charge in [0.1, 0.15) is 12.2 Å². The summed E-state index contributed by atoms with van der Waals surface area (Å²) >= 11 is 0. The second-order valence-corrected chi connectivity index (χ2v) is 2.52. The summed E-state index contributed by atoms with van der Waals surface area (Å²) in [6.45, 7) is 1.64. The van der Waals surface area contributed by atoms with E-state index in [-0.39, 0.29) is 12.2 Å². The second-order valence-electron chi connectivity index (χ2n) is 2.52. The van der Waals surface area contributed by atoms with Crippen LogP contribution in [0, 0.1) is 0 Å². The van der Waals surface area contributed by atoms with E-state index in [4.69, 9.17) is 5.11 Å². The predicted molar refractivity (Wildman–Crippen MR) is 41.4 cm³/mol. The van der Waals surface area contributed by atoms with Gasteiger partial charge in [-0.05, 0) is 0 Å². The molecule has 0 unspecified atom stereocenters. The molecule has 0 bridgehead atoms. The molecule has 0 heterocycles. The largest absolute Gasteiger partial charge is 0.481 e. The Balaban J connectivity index is 0.000000271. The third-order valence-electron chi connectivity index (χ3n) is 1.10. The van der Waals surface area contributed by atoms with E-state index < -0.39 is 5.97 Å².